The maximum absolute atomic E-state index is 12.1. The molecule has 0 saturated carbocycles. The normalized spacial score (nSPS) is 23.0. The van der Waals surface area contributed by atoms with E-state index in [-0.39, 0.29) is 17.6 Å². The van der Waals surface area contributed by atoms with Gasteiger partial charge in [-0.05, 0) is 44.9 Å². The molecule has 1 fully saturated rings. The van der Waals surface area contributed by atoms with E-state index in [1.807, 2.05) is 6.92 Å². The van der Waals surface area contributed by atoms with Crippen molar-refractivity contribution < 1.29 is 9.53 Å². The van der Waals surface area contributed by atoms with E-state index in [1.54, 1.807) is 0 Å². The summed E-state index contributed by atoms with van der Waals surface area (Å²) >= 11 is 0. The lowest BCUT2D eigenvalue weighted by molar-refractivity contribution is -0.124. The van der Waals surface area contributed by atoms with Crippen molar-refractivity contribution in [2.75, 3.05) is 13.2 Å². The lowest BCUT2D eigenvalue weighted by Crippen LogP contribution is -2.52. The van der Waals surface area contributed by atoms with E-state index in [4.69, 9.17) is 4.74 Å². The number of rotatable bonds is 8. The van der Waals surface area contributed by atoms with Crippen LogP contribution in [0, 0.1) is 5.92 Å². The molecule has 21 heavy (non-hydrogen) atoms. The van der Waals surface area contributed by atoms with Gasteiger partial charge in [0.1, 0.15) is 0 Å². The predicted octanol–water partition coefficient (Wildman–Crippen LogP) is 2.86. The van der Waals surface area contributed by atoms with E-state index in [1.165, 1.54) is 0 Å². The van der Waals surface area contributed by atoms with Crippen LogP contribution in [-0.2, 0) is 9.53 Å². The summed E-state index contributed by atoms with van der Waals surface area (Å²) in [6.07, 6.45) is 5.10. The standard InChI is InChI=1S/C17H34N2O2/c1-6-17(7-2)12-15(9-11-21-17)19-14(5)16(20)18-10-8-13(3)4/h13-15,19H,6-12H2,1-5H3,(H,18,20). The highest BCUT2D eigenvalue weighted by Gasteiger charge is 2.35. The Labute approximate surface area is 130 Å². The highest BCUT2D eigenvalue weighted by molar-refractivity contribution is 5.81. The molecule has 4 heteroatoms. The first-order valence-electron chi connectivity index (χ1n) is 8.60. The predicted molar refractivity (Wildman–Crippen MR) is 87.3 cm³/mol. The summed E-state index contributed by atoms with van der Waals surface area (Å²) in [5, 5.41) is 6.51. The first-order valence-corrected chi connectivity index (χ1v) is 8.60. The lowest BCUT2D eigenvalue weighted by atomic mass is 9.85. The number of nitrogens with one attached hydrogen (secondary N) is 2. The van der Waals surface area contributed by atoms with Crippen LogP contribution in [0.5, 0.6) is 0 Å². The highest BCUT2D eigenvalue weighted by Crippen LogP contribution is 2.31. The molecule has 1 aliphatic heterocycles. The van der Waals surface area contributed by atoms with E-state index in [2.05, 4.69) is 38.3 Å². The number of hydrogen-bond donors (Lipinski definition) is 2. The molecular weight excluding hydrogens is 264 g/mol. The molecule has 1 heterocycles. The molecule has 0 aromatic rings. The minimum absolute atomic E-state index is 0.00373. The molecule has 4 nitrogen and oxygen atoms in total. The second-order valence-corrected chi connectivity index (χ2v) is 6.79. The van der Waals surface area contributed by atoms with Crippen molar-refractivity contribution in [1.29, 1.82) is 0 Å². The smallest absolute Gasteiger partial charge is 0.236 e. The van der Waals surface area contributed by atoms with Gasteiger partial charge in [0.15, 0.2) is 0 Å². The van der Waals surface area contributed by atoms with Gasteiger partial charge in [-0.15, -0.1) is 0 Å². The van der Waals surface area contributed by atoms with Gasteiger partial charge in [-0.25, -0.2) is 0 Å². The second kappa shape index (κ2) is 8.74. The largest absolute Gasteiger partial charge is 0.375 e. The zero-order valence-corrected chi connectivity index (χ0v) is 14.5. The van der Waals surface area contributed by atoms with Crippen LogP contribution in [0.3, 0.4) is 0 Å². The van der Waals surface area contributed by atoms with Gasteiger partial charge < -0.3 is 15.4 Å². The first kappa shape index (κ1) is 18.4. The van der Waals surface area contributed by atoms with Crippen LogP contribution in [0.1, 0.15) is 66.7 Å². The van der Waals surface area contributed by atoms with Crippen LogP contribution in [0.15, 0.2) is 0 Å². The maximum Gasteiger partial charge on any atom is 0.236 e. The molecule has 0 spiro atoms. The topological polar surface area (TPSA) is 50.4 Å². The fraction of sp³-hybridized carbons (Fsp3) is 0.941. The second-order valence-electron chi connectivity index (χ2n) is 6.79. The Hall–Kier alpha value is -0.610. The van der Waals surface area contributed by atoms with Crippen LogP contribution < -0.4 is 10.6 Å². The molecule has 1 aliphatic rings. The zero-order chi connectivity index (χ0) is 15.9. The number of hydrogen-bond acceptors (Lipinski definition) is 3. The molecule has 1 rings (SSSR count). The number of carbonyl (C=O) groups excluding carboxylic acids is 1. The maximum atomic E-state index is 12.1. The fourth-order valence-corrected chi connectivity index (χ4v) is 2.98. The quantitative estimate of drug-likeness (QED) is 0.724. The Morgan fingerprint density at radius 3 is 2.52 bits per heavy atom. The Kier molecular flexibility index (Phi) is 7.67. The Bertz CT molecular complexity index is 314. The molecule has 1 amide bonds. The molecule has 0 aliphatic carbocycles. The van der Waals surface area contributed by atoms with Gasteiger partial charge in [-0.3, -0.25) is 4.79 Å². The van der Waals surface area contributed by atoms with Crippen LogP contribution >= 0.6 is 0 Å². The molecule has 0 aromatic carbocycles. The van der Waals surface area contributed by atoms with Gasteiger partial charge in [-0.2, -0.15) is 0 Å². The lowest BCUT2D eigenvalue weighted by Gasteiger charge is -2.41. The van der Waals surface area contributed by atoms with Gasteiger partial charge >= 0.3 is 0 Å². The van der Waals surface area contributed by atoms with E-state index in [0.717, 1.165) is 45.3 Å². The number of ether oxygens (including phenoxy) is 1. The van der Waals surface area contributed by atoms with Gasteiger partial charge in [0.25, 0.3) is 0 Å². The summed E-state index contributed by atoms with van der Waals surface area (Å²) in [7, 11) is 0. The molecule has 0 radical (unpaired) electrons. The van der Waals surface area contributed by atoms with Crippen LogP contribution in [0.25, 0.3) is 0 Å². The Balaban J connectivity index is 2.39. The number of amides is 1. The van der Waals surface area contributed by atoms with Crippen molar-refractivity contribution in [3.05, 3.63) is 0 Å². The molecule has 0 aromatic heterocycles. The van der Waals surface area contributed by atoms with Crippen molar-refractivity contribution in [3.63, 3.8) is 0 Å². The van der Waals surface area contributed by atoms with Crippen LogP contribution in [0.2, 0.25) is 0 Å². The van der Waals surface area contributed by atoms with Gasteiger partial charge in [-0.1, -0.05) is 27.7 Å². The average molecular weight is 298 g/mol. The zero-order valence-electron chi connectivity index (χ0n) is 14.5. The minimum Gasteiger partial charge on any atom is -0.375 e. The van der Waals surface area contributed by atoms with Crippen molar-refractivity contribution >= 4 is 5.91 Å². The van der Waals surface area contributed by atoms with E-state index >= 15 is 0 Å². The summed E-state index contributed by atoms with van der Waals surface area (Å²) in [6.45, 7) is 12.2. The van der Waals surface area contributed by atoms with Crippen molar-refractivity contribution in [3.8, 4) is 0 Å². The van der Waals surface area contributed by atoms with Crippen LogP contribution in [-0.4, -0.2) is 36.7 Å². The third-order valence-electron chi connectivity index (χ3n) is 4.68. The van der Waals surface area contributed by atoms with Crippen molar-refractivity contribution in [1.82, 2.24) is 10.6 Å². The monoisotopic (exact) mass is 298 g/mol. The fourth-order valence-electron chi connectivity index (χ4n) is 2.98. The van der Waals surface area contributed by atoms with E-state index < -0.39 is 0 Å². The first-order chi connectivity index (χ1) is 9.92. The average Bonchev–Trinajstić information content (AvgIpc) is 2.46. The SMILES string of the molecule is CCC1(CC)CC(NC(C)C(=O)NCCC(C)C)CCO1. The Morgan fingerprint density at radius 2 is 1.95 bits per heavy atom. The van der Waals surface area contributed by atoms with Crippen molar-refractivity contribution in [2.24, 2.45) is 5.92 Å². The molecule has 1 saturated heterocycles. The molecular formula is C17H34N2O2. The summed E-state index contributed by atoms with van der Waals surface area (Å²) in [5.41, 5.74) is 0.00373. The minimum atomic E-state index is -0.133. The summed E-state index contributed by atoms with van der Waals surface area (Å²) in [6, 6.07) is 0.246. The van der Waals surface area contributed by atoms with E-state index in [9.17, 15) is 4.79 Å². The number of carbonyl (C=O) groups is 1. The molecule has 0 bridgehead atoms. The van der Waals surface area contributed by atoms with Gasteiger partial charge in [0.2, 0.25) is 5.91 Å². The molecule has 124 valence electrons. The Morgan fingerprint density at radius 1 is 1.29 bits per heavy atom. The van der Waals surface area contributed by atoms with Crippen molar-refractivity contribution in [2.45, 2.75) is 84.4 Å². The van der Waals surface area contributed by atoms with Gasteiger partial charge in [0.05, 0.1) is 11.6 Å². The van der Waals surface area contributed by atoms with Crippen LogP contribution in [0.4, 0.5) is 0 Å². The summed E-state index contributed by atoms with van der Waals surface area (Å²) in [5.74, 6) is 0.736. The summed E-state index contributed by atoms with van der Waals surface area (Å²) < 4.78 is 5.99. The molecule has 2 atom stereocenters. The summed E-state index contributed by atoms with van der Waals surface area (Å²) in [4.78, 5) is 12.1. The molecule has 2 N–H and O–H groups in total. The third-order valence-corrected chi connectivity index (χ3v) is 4.68. The molecule has 2 unspecified atom stereocenters. The third kappa shape index (κ3) is 5.95. The van der Waals surface area contributed by atoms with E-state index in [0.29, 0.717) is 12.0 Å². The highest BCUT2D eigenvalue weighted by atomic mass is 16.5. The van der Waals surface area contributed by atoms with Gasteiger partial charge in [0, 0.05) is 19.2 Å².